The van der Waals surface area contributed by atoms with Crippen LogP contribution in [0, 0.1) is 16.0 Å². The summed E-state index contributed by atoms with van der Waals surface area (Å²) in [6.45, 7) is 3.33. The second-order valence-electron chi connectivity index (χ2n) is 12.7. The molecule has 0 spiro atoms. The molecule has 1 aliphatic heterocycles. The Kier molecular flexibility index (Phi) is 15.5. The highest BCUT2D eigenvalue weighted by Crippen LogP contribution is 2.28. The highest BCUT2D eigenvalue weighted by Gasteiger charge is 2.35. The number of thioether (sulfide) groups is 1. The molecule has 2 aromatic carbocycles. The summed E-state index contributed by atoms with van der Waals surface area (Å²) in [5.74, 6) is -9.71. The van der Waals surface area contributed by atoms with Crippen molar-refractivity contribution in [3.05, 3.63) is 63.7 Å². The zero-order valence-electron chi connectivity index (χ0n) is 29.7. The molecule has 7 amide bonds. The number of rotatable bonds is 11. The number of nitrogens with zero attached hydrogens (tertiary/aromatic N) is 1. The van der Waals surface area contributed by atoms with Crippen molar-refractivity contribution in [2.75, 3.05) is 5.75 Å². The van der Waals surface area contributed by atoms with E-state index < -0.39 is 119 Å². The lowest BCUT2D eigenvalue weighted by molar-refractivity contribution is -0.384. The number of carboxylic acids is 1. The summed E-state index contributed by atoms with van der Waals surface area (Å²) in [6.07, 6.45) is -1.53. The van der Waals surface area contributed by atoms with Gasteiger partial charge in [-0.15, -0.1) is 11.8 Å². The third-order valence-corrected chi connectivity index (χ3v) is 9.75. The lowest BCUT2D eigenvalue weighted by Gasteiger charge is -2.29. The molecule has 21 heteroatoms. The second kappa shape index (κ2) is 19.7. The normalized spacial score (nSPS) is 22.1. The summed E-state index contributed by atoms with van der Waals surface area (Å²) >= 11 is 0.712. The average molecular weight is 787 g/mol. The van der Waals surface area contributed by atoms with Crippen molar-refractivity contribution in [2.24, 2.45) is 17.4 Å². The van der Waals surface area contributed by atoms with E-state index in [0.717, 1.165) is 12.1 Å². The van der Waals surface area contributed by atoms with Crippen LogP contribution in [0.4, 0.5) is 5.69 Å². The molecule has 2 aromatic rings. The molecule has 296 valence electrons. The van der Waals surface area contributed by atoms with Crippen molar-refractivity contribution in [1.82, 2.24) is 26.6 Å². The van der Waals surface area contributed by atoms with Crippen LogP contribution in [-0.4, -0.2) is 98.4 Å². The molecule has 0 bridgehead atoms. The maximum atomic E-state index is 14.0. The Morgan fingerprint density at radius 1 is 0.873 bits per heavy atom. The Morgan fingerprint density at radius 3 is 2.07 bits per heavy atom. The van der Waals surface area contributed by atoms with Crippen molar-refractivity contribution in [2.45, 2.75) is 81.1 Å². The minimum absolute atomic E-state index is 0.0152. The lowest BCUT2D eigenvalue weighted by Crippen LogP contribution is -2.60. The first-order valence-electron chi connectivity index (χ1n) is 16.9. The predicted molar refractivity (Wildman–Crippen MR) is 194 cm³/mol. The van der Waals surface area contributed by atoms with Gasteiger partial charge in [0.05, 0.1) is 16.9 Å². The Morgan fingerprint density at radius 2 is 1.49 bits per heavy atom. The van der Waals surface area contributed by atoms with Gasteiger partial charge >= 0.3 is 5.97 Å². The van der Waals surface area contributed by atoms with Crippen LogP contribution in [0.25, 0.3) is 0 Å². The monoisotopic (exact) mass is 786 g/mol. The smallest absolute Gasteiger partial charge is 0.327 e. The number of phenolic OH excluding ortho intramolecular Hbond substituents is 1. The van der Waals surface area contributed by atoms with Gasteiger partial charge in [-0.05, 0) is 36.1 Å². The number of primary amides is 2. The van der Waals surface area contributed by atoms with Crippen LogP contribution in [0.2, 0.25) is 0 Å². The fraction of sp³-hybridized carbons (Fsp3) is 0.412. The van der Waals surface area contributed by atoms with E-state index in [1.165, 1.54) is 30.3 Å². The van der Waals surface area contributed by atoms with Crippen LogP contribution < -0.4 is 38.1 Å². The van der Waals surface area contributed by atoms with Gasteiger partial charge in [-0.25, -0.2) is 4.79 Å². The first kappa shape index (κ1) is 43.2. The Balaban J connectivity index is 2.20. The number of phenols is 1. The van der Waals surface area contributed by atoms with E-state index in [1.54, 1.807) is 13.8 Å². The molecule has 0 fully saturated rings. The molecule has 0 radical (unpaired) electrons. The topological polar surface area (TPSA) is 332 Å². The molecule has 0 aliphatic carbocycles. The number of hydrogen-bond acceptors (Lipinski definition) is 12. The molecule has 0 aromatic heterocycles. The van der Waals surface area contributed by atoms with Gasteiger partial charge in [0.2, 0.25) is 35.4 Å². The number of nitro groups is 1. The summed E-state index contributed by atoms with van der Waals surface area (Å²) in [4.78, 5) is 116. The highest BCUT2D eigenvalue weighted by molar-refractivity contribution is 7.99. The molecule has 6 atom stereocenters. The maximum Gasteiger partial charge on any atom is 0.327 e. The van der Waals surface area contributed by atoms with E-state index >= 15 is 0 Å². The van der Waals surface area contributed by atoms with Crippen molar-refractivity contribution in [3.8, 4) is 5.75 Å². The van der Waals surface area contributed by atoms with Crippen molar-refractivity contribution >= 4 is 64.8 Å². The van der Waals surface area contributed by atoms with E-state index in [4.69, 9.17) is 11.5 Å². The predicted octanol–water partition coefficient (Wildman–Crippen LogP) is -1.04. The number of non-ortho nitro benzene ring substituents is 1. The highest BCUT2D eigenvalue weighted by atomic mass is 32.2. The van der Waals surface area contributed by atoms with Gasteiger partial charge in [0.1, 0.15) is 36.0 Å². The van der Waals surface area contributed by atoms with Crippen molar-refractivity contribution < 1.29 is 53.5 Å². The van der Waals surface area contributed by atoms with Gasteiger partial charge in [0.25, 0.3) is 11.6 Å². The number of benzene rings is 2. The van der Waals surface area contributed by atoms with Crippen molar-refractivity contribution in [1.29, 1.82) is 0 Å². The minimum Gasteiger partial charge on any atom is -0.508 e. The zero-order valence-corrected chi connectivity index (χ0v) is 30.6. The minimum atomic E-state index is -1.77. The second-order valence-corrected chi connectivity index (χ2v) is 13.8. The van der Waals surface area contributed by atoms with Gasteiger partial charge in [0.15, 0.2) is 0 Å². The van der Waals surface area contributed by atoms with Gasteiger partial charge in [-0.2, -0.15) is 0 Å². The number of carbonyl (C=O) groups excluding carboxylic acids is 7. The average Bonchev–Trinajstić information content (AvgIpc) is 3.12. The molecular formula is C34H42N8O12S. The fourth-order valence-electron chi connectivity index (χ4n) is 5.32. The number of carboxylic acid groups (broad SMARTS) is 1. The summed E-state index contributed by atoms with van der Waals surface area (Å²) in [5.41, 5.74) is 10.2. The molecule has 1 aliphatic rings. The number of aromatic hydroxyl groups is 1. The molecule has 20 nitrogen and oxygen atoms in total. The first-order valence-corrected chi connectivity index (χ1v) is 17.9. The van der Waals surface area contributed by atoms with E-state index in [1.807, 2.05) is 0 Å². The third kappa shape index (κ3) is 12.7. The Labute approximate surface area is 318 Å². The molecule has 11 N–H and O–H groups in total. The number of nitro benzene ring substituents is 1. The van der Waals surface area contributed by atoms with Crippen LogP contribution in [0.15, 0.2) is 47.4 Å². The number of hydrogen-bond donors (Lipinski definition) is 9. The largest absolute Gasteiger partial charge is 0.508 e. The first-order chi connectivity index (χ1) is 25.9. The van der Waals surface area contributed by atoms with Gasteiger partial charge < -0.3 is 48.3 Å². The summed E-state index contributed by atoms with van der Waals surface area (Å²) < 4.78 is 0. The lowest BCUT2D eigenvalue weighted by atomic mass is 9.96. The number of carbonyl (C=O) groups is 8. The van der Waals surface area contributed by atoms with Crippen LogP contribution in [0.3, 0.4) is 0 Å². The van der Waals surface area contributed by atoms with E-state index in [9.17, 15) is 58.7 Å². The molecule has 2 unspecified atom stereocenters. The van der Waals surface area contributed by atoms with Crippen molar-refractivity contribution in [3.63, 3.8) is 0 Å². The number of nitrogens with two attached hydrogens (primary N) is 2. The Hall–Kier alpha value is -6.25. The number of aliphatic carboxylic acids is 1. The third-order valence-electron chi connectivity index (χ3n) is 8.58. The fourth-order valence-corrected chi connectivity index (χ4v) is 6.37. The number of fused-ring (bicyclic) bond motifs is 1. The molecule has 1 heterocycles. The van der Waals surface area contributed by atoms with Crippen LogP contribution in [0.5, 0.6) is 5.75 Å². The van der Waals surface area contributed by atoms with Gasteiger partial charge in [-0.1, -0.05) is 32.4 Å². The van der Waals surface area contributed by atoms with E-state index in [-0.39, 0.29) is 22.6 Å². The van der Waals surface area contributed by atoms with E-state index in [2.05, 4.69) is 26.6 Å². The maximum absolute atomic E-state index is 14.0. The van der Waals surface area contributed by atoms with Gasteiger partial charge in [-0.3, -0.25) is 43.7 Å². The van der Waals surface area contributed by atoms with Gasteiger partial charge in [0, 0.05) is 35.6 Å². The Bertz CT molecular complexity index is 1830. The molecule has 55 heavy (non-hydrogen) atoms. The SMILES string of the molecule is CC[C@H](C)[C@@H]1NC(=O)[C@H](Cc2ccc(O)cc2)NC(=O)c2cc([N+](=O)[O-])ccc2SCC(C(=O)O)NC(=O)[C@H](CC(N)=O)NC(=O)C(CCC(N)=O)NC1=O. The summed E-state index contributed by atoms with van der Waals surface area (Å²) in [5, 5.41) is 43.5. The summed E-state index contributed by atoms with van der Waals surface area (Å²) in [7, 11) is 0. The molecule has 0 saturated carbocycles. The number of amides is 7. The van der Waals surface area contributed by atoms with Crippen LogP contribution >= 0.6 is 11.8 Å². The quantitative estimate of drug-likeness (QED) is 0.0972. The zero-order chi connectivity index (χ0) is 41.0. The molecule has 0 saturated heterocycles. The molecule has 3 rings (SSSR count). The van der Waals surface area contributed by atoms with E-state index in [0.29, 0.717) is 23.7 Å². The standard InChI is InChI=1S/C34H42N8O12S/c1-3-16(2)28-33(50)37-21(9-11-26(35)44)30(47)39-23(14-27(36)45)31(48)40-24(34(51)52)15-55-25-10-6-18(42(53)54)13-20(25)29(46)38-22(32(49)41-28)12-17-4-7-19(43)8-5-17/h4-8,10,13,16,21-24,28,43H,3,9,11-12,14-15H2,1-2H3,(H2,35,44)(H2,36,45)(H,37,50)(H,38,46)(H,39,47)(H,40,48)(H,41,49)(H,51,52)/t16-,21?,22-,23-,24?,28-/m0/s1. The van der Waals surface area contributed by atoms with Crippen LogP contribution in [0.1, 0.15) is 55.5 Å². The summed E-state index contributed by atoms with van der Waals surface area (Å²) in [6, 6.07) is 0.909. The van der Waals surface area contributed by atoms with Crippen LogP contribution in [-0.2, 0) is 40.0 Å². The molecular weight excluding hydrogens is 744 g/mol. The number of nitrogens with one attached hydrogen (secondary N) is 5.